The highest BCUT2D eigenvalue weighted by atomic mass is 19.1. The van der Waals surface area contributed by atoms with Gasteiger partial charge in [0.2, 0.25) is 0 Å². The number of halogens is 1. The molecule has 1 aromatic carbocycles. The Balaban J connectivity index is 1.96. The van der Waals surface area contributed by atoms with Crippen LogP contribution >= 0.6 is 0 Å². The zero-order chi connectivity index (χ0) is 13.7. The lowest BCUT2D eigenvalue weighted by atomic mass is 9.88. The van der Waals surface area contributed by atoms with Crippen LogP contribution in [0.3, 0.4) is 0 Å². The molecule has 2 rings (SSSR count). The smallest absolute Gasteiger partial charge is 0.123 e. The summed E-state index contributed by atoms with van der Waals surface area (Å²) in [6.07, 6.45) is 4.48. The van der Waals surface area contributed by atoms with Gasteiger partial charge in [0.1, 0.15) is 5.82 Å². The van der Waals surface area contributed by atoms with Crippen LogP contribution in [0, 0.1) is 5.82 Å². The molecule has 0 aliphatic carbocycles. The zero-order valence-electron chi connectivity index (χ0n) is 11.7. The number of rotatable bonds is 4. The van der Waals surface area contributed by atoms with Crippen LogP contribution in [0.2, 0.25) is 0 Å². The number of nitrogens with zero attached hydrogens (tertiary/aromatic N) is 1. The summed E-state index contributed by atoms with van der Waals surface area (Å²) < 4.78 is 12.9. The van der Waals surface area contributed by atoms with Crippen LogP contribution in [0.15, 0.2) is 24.3 Å². The molecule has 1 aliphatic heterocycles. The fraction of sp³-hybridized carbons (Fsp3) is 0.625. The molecule has 2 nitrogen and oxygen atoms in total. The lowest BCUT2D eigenvalue weighted by Crippen LogP contribution is -2.33. The third-order valence-corrected chi connectivity index (χ3v) is 4.00. The van der Waals surface area contributed by atoms with Crippen LogP contribution in [-0.4, -0.2) is 35.2 Å². The highest BCUT2D eigenvalue weighted by molar-refractivity contribution is 5.18. The van der Waals surface area contributed by atoms with Crippen molar-refractivity contribution in [2.75, 3.05) is 19.6 Å². The van der Waals surface area contributed by atoms with Crippen LogP contribution in [0.5, 0.6) is 0 Å². The van der Waals surface area contributed by atoms with Gasteiger partial charge in [0.15, 0.2) is 0 Å². The predicted molar refractivity (Wildman–Crippen MR) is 75.6 cm³/mol. The van der Waals surface area contributed by atoms with E-state index < -0.39 is 5.60 Å². The standard InChI is InChI=1S/C16H24FNO/c1-2-10-18-11-3-8-16(19,9-12-18)13-14-4-6-15(17)7-5-14/h4-7,19H,2-3,8-13H2,1H3. The molecule has 1 fully saturated rings. The Kier molecular flexibility index (Phi) is 4.94. The summed E-state index contributed by atoms with van der Waals surface area (Å²) in [6.45, 7) is 5.35. The maximum atomic E-state index is 12.9. The molecule has 1 saturated heterocycles. The lowest BCUT2D eigenvalue weighted by Gasteiger charge is -2.27. The molecule has 0 spiro atoms. The Morgan fingerprint density at radius 2 is 1.95 bits per heavy atom. The predicted octanol–water partition coefficient (Wildman–Crippen LogP) is 3.00. The molecule has 1 heterocycles. The molecule has 1 atom stereocenters. The summed E-state index contributed by atoms with van der Waals surface area (Å²) in [5.41, 5.74) is 0.396. The highest BCUT2D eigenvalue weighted by Gasteiger charge is 2.30. The fourth-order valence-electron chi connectivity index (χ4n) is 2.93. The molecule has 0 saturated carbocycles. The molecule has 0 aromatic heterocycles. The quantitative estimate of drug-likeness (QED) is 0.904. The Morgan fingerprint density at radius 1 is 1.21 bits per heavy atom. The third-order valence-electron chi connectivity index (χ3n) is 4.00. The molecule has 19 heavy (non-hydrogen) atoms. The Bertz CT molecular complexity index is 392. The monoisotopic (exact) mass is 265 g/mol. The number of likely N-dealkylation sites (tertiary alicyclic amines) is 1. The van der Waals surface area contributed by atoms with Crippen molar-refractivity contribution in [2.24, 2.45) is 0 Å². The minimum atomic E-state index is -0.625. The van der Waals surface area contributed by atoms with Gasteiger partial charge in [0.05, 0.1) is 5.60 Å². The minimum Gasteiger partial charge on any atom is -0.389 e. The second-order valence-corrected chi connectivity index (χ2v) is 5.72. The molecule has 106 valence electrons. The Morgan fingerprint density at radius 3 is 2.63 bits per heavy atom. The van der Waals surface area contributed by atoms with Gasteiger partial charge >= 0.3 is 0 Å². The number of hydrogen-bond acceptors (Lipinski definition) is 2. The number of aliphatic hydroxyl groups is 1. The maximum absolute atomic E-state index is 12.9. The lowest BCUT2D eigenvalue weighted by molar-refractivity contribution is 0.0257. The van der Waals surface area contributed by atoms with Gasteiger partial charge in [0.25, 0.3) is 0 Å². The van der Waals surface area contributed by atoms with E-state index in [-0.39, 0.29) is 5.82 Å². The van der Waals surface area contributed by atoms with Crippen molar-refractivity contribution in [3.05, 3.63) is 35.6 Å². The zero-order valence-corrected chi connectivity index (χ0v) is 11.7. The van der Waals surface area contributed by atoms with Crippen molar-refractivity contribution >= 4 is 0 Å². The summed E-state index contributed by atoms with van der Waals surface area (Å²) in [7, 11) is 0. The van der Waals surface area contributed by atoms with E-state index in [1.54, 1.807) is 12.1 Å². The van der Waals surface area contributed by atoms with Gasteiger partial charge in [-0.1, -0.05) is 19.1 Å². The molecular formula is C16H24FNO. The summed E-state index contributed by atoms with van der Waals surface area (Å²) in [6, 6.07) is 6.50. The summed E-state index contributed by atoms with van der Waals surface area (Å²) in [5, 5.41) is 10.7. The van der Waals surface area contributed by atoms with E-state index >= 15 is 0 Å². The van der Waals surface area contributed by atoms with Crippen LogP contribution in [0.4, 0.5) is 4.39 Å². The van der Waals surface area contributed by atoms with Crippen molar-refractivity contribution in [1.82, 2.24) is 4.90 Å². The molecular weight excluding hydrogens is 241 g/mol. The topological polar surface area (TPSA) is 23.5 Å². The van der Waals surface area contributed by atoms with E-state index in [0.29, 0.717) is 6.42 Å². The van der Waals surface area contributed by atoms with Gasteiger partial charge in [-0.25, -0.2) is 4.39 Å². The second-order valence-electron chi connectivity index (χ2n) is 5.72. The van der Waals surface area contributed by atoms with Gasteiger partial charge in [-0.2, -0.15) is 0 Å². The van der Waals surface area contributed by atoms with Gasteiger partial charge < -0.3 is 10.0 Å². The molecule has 1 aromatic rings. The van der Waals surface area contributed by atoms with Crippen molar-refractivity contribution in [3.63, 3.8) is 0 Å². The SMILES string of the molecule is CCCN1CCCC(O)(Cc2ccc(F)cc2)CC1. The highest BCUT2D eigenvalue weighted by Crippen LogP contribution is 2.26. The molecule has 3 heteroatoms. The van der Waals surface area contributed by atoms with Gasteiger partial charge in [0, 0.05) is 13.0 Å². The van der Waals surface area contributed by atoms with E-state index in [2.05, 4.69) is 11.8 Å². The maximum Gasteiger partial charge on any atom is 0.123 e. The van der Waals surface area contributed by atoms with E-state index in [9.17, 15) is 9.50 Å². The normalized spacial score (nSPS) is 25.2. The van der Waals surface area contributed by atoms with Gasteiger partial charge in [-0.3, -0.25) is 0 Å². The van der Waals surface area contributed by atoms with Gasteiger partial charge in [-0.15, -0.1) is 0 Å². The van der Waals surface area contributed by atoms with E-state index in [1.165, 1.54) is 12.1 Å². The van der Waals surface area contributed by atoms with Crippen molar-refractivity contribution in [2.45, 2.75) is 44.6 Å². The van der Waals surface area contributed by atoms with Crippen LogP contribution in [0.25, 0.3) is 0 Å². The van der Waals surface area contributed by atoms with Crippen molar-refractivity contribution in [3.8, 4) is 0 Å². The molecule has 1 aliphatic rings. The molecule has 1 unspecified atom stereocenters. The largest absolute Gasteiger partial charge is 0.389 e. The minimum absolute atomic E-state index is 0.217. The van der Waals surface area contributed by atoms with Crippen LogP contribution in [-0.2, 0) is 6.42 Å². The van der Waals surface area contributed by atoms with E-state index in [4.69, 9.17) is 0 Å². The molecule has 0 radical (unpaired) electrons. The van der Waals surface area contributed by atoms with E-state index in [1.807, 2.05) is 0 Å². The average molecular weight is 265 g/mol. The van der Waals surface area contributed by atoms with Crippen LogP contribution in [0.1, 0.15) is 38.2 Å². The Labute approximate surface area is 115 Å². The molecule has 1 N–H and O–H groups in total. The number of hydrogen-bond donors (Lipinski definition) is 1. The van der Waals surface area contributed by atoms with Crippen molar-refractivity contribution in [1.29, 1.82) is 0 Å². The first-order valence-corrected chi connectivity index (χ1v) is 7.30. The average Bonchev–Trinajstić information content (AvgIpc) is 2.56. The summed E-state index contributed by atoms with van der Waals surface area (Å²) >= 11 is 0. The first kappa shape index (κ1) is 14.5. The first-order chi connectivity index (χ1) is 9.11. The van der Waals surface area contributed by atoms with Crippen LogP contribution < -0.4 is 0 Å². The second kappa shape index (κ2) is 6.49. The number of benzene rings is 1. The first-order valence-electron chi connectivity index (χ1n) is 7.30. The Hall–Kier alpha value is -0.930. The summed E-state index contributed by atoms with van der Waals surface area (Å²) in [4.78, 5) is 2.43. The summed E-state index contributed by atoms with van der Waals surface area (Å²) in [5.74, 6) is -0.217. The van der Waals surface area contributed by atoms with E-state index in [0.717, 1.165) is 50.9 Å². The fourth-order valence-corrected chi connectivity index (χ4v) is 2.93. The van der Waals surface area contributed by atoms with Gasteiger partial charge in [-0.05, 0) is 56.5 Å². The molecule has 0 amide bonds. The molecule has 0 bridgehead atoms. The third kappa shape index (κ3) is 4.29. The van der Waals surface area contributed by atoms with Crippen molar-refractivity contribution < 1.29 is 9.50 Å².